The van der Waals surface area contributed by atoms with E-state index in [1.54, 1.807) is 0 Å². The van der Waals surface area contributed by atoms with Crippen molar-refractivity contribution in [2.45, 2.75) is 6.92 Å². The summed E-state index contributed by atoms with van der Waals surface area (Å²) in [6.45, 7) is 1.57. The van der Waals surface area contributed by atoms with E-state index in [0.717, 1.165) is 6.07 Å². The van der Waals surface area contributed by atoms with Gasteiger partial charge in [-0.25, -0.2) is 4.39 Å². The average Bonchev–Trinajstić information content (AvgIpc) is 2.33. The summed E-state index contributed by atoms with van der Waals surface area (Å²) in [5.74, 6) is 1.03. The molecule has 0 saturated heterocycles. The Morgan fingerprint density at radius 3 is 2.74 bits per heavy atom. The zero-order chi connectivity index (χ0) is 14.3. The van der Waals surface area contributed by atoms with E-state index in [4.69, 9.17) is 6.42 Å². The molecule has 0 radical (unpaired) electrons. The molecule has 100 valence electrons. The van der Waals surface area contributed by atoms with Gasteiger partial charge in [0.05, 0.1) is 18.8 Å². The monoisotopic (exact) mass is 263 g/mol. The van der Waals surface area contributed by atoms with Crippen LogP contribution in [0.1, 0.15) is 6.92 Å². The first-order valence-electron chi connectivity index (χ1n) is 5.54. The van der Waals surface area contributed by atoms with Crippen molar-refractivity contribution in [3.05, 3.63) is 24.0 Å². The van der Waals surface area contributed by atoms with Gasteiger partial charge in [0.15, 0.2) is 0 Å². The summed E-state index contributed by atoms with van der Waals surface area (Å²) in [5, 5.41) is 7.57. The van der Waals surface area contributed by atoms with Gasteiger partial charge in [-0.2, -0.15) is 0 Å². The van der Waals surface area contributed by atoms with E-state index in [0.29, 0.717) is 5.69 Å². The predicted octanol–water partition coefficient (Wildman–Crippen LogP) is 0.945. The van der Waals surface area contributed by atoms with E-state index in [9.17, 15) is 14.0 Å². The molecular formula is C13H14FN3O2. The van der Waals surface area contributed by atoms with Crippen LogP contribution in [-0.2, 0) is 9.59 Å². The number of halogens is 1. The summed E-state index contributed by atoms with van der Waals surface area (Å²) in [4.78, 5) is 22.4. The number of rotatable bonds is 5. The van der Waals surface area contributed by atoms with Crippen LogP contribution in [0.3, 0.4) is 0 Å². The van der Waals surface area contributed by atoms with Crippen LogP contribution in [0, 0.1) is 18.2 Å². The molecule has 0 atom stereocenters. The van der Waals surface area contributed by atoms with E-state index in [2.05, 4.69) is 21.9 Å². The molecule has 5 nitrogen and oxygen atoms in total. The van der Waals surface area contributed by atoms with Crippen LogP contribution in [-0.4, -0.2) is 24.9 Å². The molecule has 0 aliphatic rings. The van der Waals surface area contributed by atoms with Gasteiger partial charge < -0.3 is 10.6 Å². The van der Waals surface area contributed by atoms with Gasteiger partial charge in [-0.05, 0) is 18.2 Å². The van der Waals surface area contributed by atoms with Crippen molar-refractivity contribution in [3.8, 4) is 12.3 Å². The third-order valence-corrected chi connectivity index (χ3v) is 2.07. The van der Waals surface area contributed by atoms with Crippen molar-refractivity contribution in [1.82, 2.24) is 5.32 Å². The molecule has 0 unspecified atom stereocenters. The fourth-order valence-electron chi connectivity index (χ4n) is 1.34. The Labute approximate surface area is 110 Å². The minimum Gasteiger partial charge on any atom is -0.326 e. The SMILES string of the molecule is C#CCNCC(=O)Nc1cc(NC(C)=O)ccc1F. The number of carbonyl (C=O) groups is 2. The fraction of sp³-hybridized carbons (Fsp3) is 0.231. The van der Waals surface area contributed by atoms with Crippen LogP contribution in [0.15, 0.2) is 18.2 Å². The van der Waals surface area contributed by atoms with Gasteiger partial charge in [-0.1, -0.05) is 5.92 Å². The zero-order valence-electron chi connectivity index (χ0n) is 10.4. The molecule has 0 bridgehead atoms. The minimum atomic E-state index is -0.584. The maximum atomic E-state index is 13.5. The Hall–Kier alpha value is -2.39. The molecule has 1 aromatic carbocycles. The Bertz CT molecular complexity index is 523. The molecule has 19 heavy (non-hydrogen) atoms. The quantitative estimate of drug-likeness (QED) is 0.547. The van der Waals surface area contributed by atoms with Gasteiger partial charge in [0.1, 0.15) is 5.82 Å². The lowest BCUT2D eigenvalue weighted by Gasteiger charge is -2.09. The summed E-state index contributed by atoms with van der Waals surface area (Å²) < 4.78 is 13.5. The number of amides is 2. The van der Waals surface area contributed by atoms with Crippen LogP contribution >= 0.6 is 0 Å². The second kappa shape index (κ2) is 7.13. The largest absolute Gasteiger partial charge is 0.326 e. The van der Waals surface area contributed by atoms with Gasteiger partial charge in [-0.3, -0.25) is 14.9 Å². The van der Waals surface area contributed by atoms with E-state index in [1.165, 1.54) is 19.1 Å². The molecule has 0 heterocycles. The normalized spacial score (nSPS) is 9.53. The summed E-state index contributed by atoms with van der Waals surface area (Å²) in [6.07, 6.45) is 5.01. The predicted molar refractivity (Wildman–Crippen MR) is 71.0 cm³/mol. The lowest BCUT2D eigenvalue weighted by Crippen LogP contribution is -2.28. The van der Waals surface area contributed by atoms with Crippen molar-refractivity contribution >= 4 is 23.2 Å². The zero-order valence-corrected chi connectivity index (χ0v) is 10.4. The number of benzene rings is 1. The van der Waals surface area contributed by atoms with E-state index >= 15 is 0 Å². The second-order valence-electron chi connectivity index (χ2n) is 3.73. The lowest BCUT2D eigenvalue weighted by molar-refractivity contribution is -0.115. The molecule has 0 aromatic heterocycles. The number of nitrogens with one attached hydrogen (secondary N) is 3. The van der Waals surface area contributed by atoms with Gasteiger partial charge in [0, 0.05) is 12.6 Å². The van der Waals surface area contributed by atoms with Crippen molar-refractivity contribution in [3.63, 3.8) is 0 Å². The molecule has 0 saturated carbocycles. The van der Waals surface area contributed by atoms with E-state index in [1.807, 2.05) is 0 Å². The molecule has 0 fully saturated rings. The Morgan fingerprint density at radius 2 is 2.11 bits per heavy atom. The summed E-state index contributed by atoms with van der Waals surface area (Å²) >= 11 is 0. The second-order valence-corrected chi connectivity index (χ2v) is 3.73. The highest BCUT2D eigenvalue weighted by Crippen LogP contribution is 2.19. The standard InChI is InChI=1S/C13H14FN3O2/c1-3-6-15-8-13(19)17-12-7-10(16-9(2)18)4-5-11(12)14/h1,4-5,7,15H,6,8H2,2H3,(H,16,18)(H,17,19). The number of anilines is 2. The molecule has 6 heteroatoms. The average molecular weight is 263 g/mol. The molecule has 1 rings (SSSR count). The highest BCUT2D eigenvalue weighted by atomic mass is 19.1. The van der Waals surface area contributed by atoms with Crippen molar-refractivity contribution in [1.29, 1.82) is 0 Å². The number of carbonyl (C=O) groups excluding carboxylic acids is 2. The maximum Gasteiger partial charge on any atom is 0.238 e. The van der Waals surface area contributed by atoms with Crippen LogP contribution in [0.5, 0.6) is 0 Å². The van der Waals surface area contributed by atoms with Gasteiger partial charge in [0.25, 0.3) is 0 Å². The van der Waals surface area contributed by atoms with Gasteiger partial charge in [0.2, 0.25) is 11.8 Å². The van der Waals surface area contributed by atoms with Gasteiger partial charge >= 0.3 is 0 Å². The molecule has 0 spiro atoms. The van der Waals surface area contributed by atoms with Crippen molar-refractivity contribution in [2.24, 2.45) is 0 Å². The first kappa shape index (κ1) is 14.7. The molecule has 0 aliphatic carbocycles. The third-order valence-electron chi connectivity index (χ3n) is 2.07. The highest BCUT2D eigenvalue weighted by molar-refractivity contribution is 5.94. The number of hydrogen-bond donors (Lipinski definition) is 3. The van der Waals surface area contributed by atoms with Gasteiger partial charge in [-0.15, -0.1) is 6.42 Å². The highest BCUT2D eigenvalue weighted by Gasteiger charge is 2.08. The van der Waals surface area contributed by atoms with E-state index < -0.39 is 11.7 Å². The van der Waals surface area contributed by atoms with E-state index in [-0.39, 0.29) is 24.7 Å². The fourth-order valence-corrected chi connectivity index (χ4v) is 1.34. The van der Waals surface area contributed by atoms with Crippen LogP contribution in [0.25, 0.3) is 0 Å². The molecule has 0 aliphatic heterocycles. The van der Waals surface area contributed by atoms with Crippen LogP contribution < -0.4 is 16.0 Å². The van der Waals surface area contributed by atoms with Crippen LogP contribution in [0.2, 0.25) is 0 Å². The Kier molecular flexibility index (Phi) is 5.51. The summed E-state index contributed by atoms with van der Waals surface area (Å²) in [5.41, 5.74) is 0.402. The Balaban J connectivity index is 2.68. The van der Waals surface area contributed by atoms with Crippen molar-refractivity contribution < 1.29 is 14.0 Å². The Morgan fingerprint density at radius 1 is 1.37 bits per heavy atom. The number of terminal acetylenes is 1. The number of hydrogen-bond acceptors (Lipinski definition) is 3. The molecular weight excluding hydrogens is 249 g/mol. The van der Waals surface area contributed by atoms with Crippen LogP contribution in [0.4, 0.5) is 15.8 Å². The molecule has 1 aromatic rings. The minimum absolute atomic E-state index is 0.00115. The first-order chi connectivity index (χ1) is 9.02. The summed E-state index contributed by atoms with van der Waals surface area (Å²) in [7, 11) is 0. The molecule has 3 N–H and O–H groups in total. The lowest BCUT2D eigenvalue weighted by atomic mass is 10.2. The van der Waals surface area contributed by atoms with Crippen molar-refractivity contribution in [2.75, 3.05) is 23.7 Å². The first-order valence-corrected chi connectivity index (χ1v) is 5.54. The molecule has 2 amide bonds. The smallest absolute Gasteiger partial charge is 0.238 e. The third kappa shape index (κ3) is 5.19. The topological polar surface area (TPSA) is 70.2 Å². The maximum absolute atomic E-state index is 13.5. The summed E-state index contributed by atoms with van der Waals surface area (Å²) in [6, 6.07) is 3.91.